The van der Waals surface area contributed by atoms with Crippen LogP contribution < -0.4 is 0 Å². The van der Waals surface area contributed by atoms with Crippen LogP contribution >= 0.6 is 0 Å². The van der Waals surface area contributed by atoms with E-state index in [0.29, 0.717) is 23.0 Å². The minimum absolute atomic E-state index is 0.312. The smallest absolute Gasteiger partial charge is 0.133 e. The van der Waals surface area contributed by atoms with Gasteiger partial charge in [-0.3, -0.25) is 4.79 Å². The summed E-state index contributed by atoms with van der Waals surface area (Å²) in [5.41, 5.74) is 0.312. The van der Waals surface area contributed by atoms with E-state index in [1.807, 2.05) is 0 Å². The van der Waals surface area contributed by atoms with Crippen molar-refractivity contribution < 1.29 is 4.79 Å². The normalized spacial score (nSPS) is 30.7. The Hall–Kier alpha value is -0.330. The molecule has 1 rings (SSSR count). The van der Waals surface area contributed by atoms with Gasteiger partial charge in [0.25, 0.3) is 0 Å². The first-order chi connectivity index (χ1) is 5.43. The molecule has 2 atom stereocenters. The summed E-state index contributed by atoms with van der Waals surface area (Å²) in [5.74, 6) is 1.37. The zero-order valence-electron chi connectivity index (χ0n) is 8.68. The van der Waals surface area contributed by atoms with Gasteiger partial charge in [0.15, 0.2) is 0 Å². The zero-order valence-corrected chi connectivity index (χ0v) is 8.68. The second kappa shape index (κ2) is 3.20. The van der Waals surface area contributed by atoms with Gasteiger partial charge in [-0.1, -0.05) is 27.2 Å². The molecule has 1 fully saturated rings. The third-order valence-corrected chi connectivity index (χ3v) is 3.15. The summed E-state index contributed by atoms with van der Waals surface area (Å²) in [5, 5.41) is 0. The maximum atomic E-state index is 11.3. The van der Waals surface area contributed by atoms with Gasteiger partial charge in [-0.2, -0.15) is 0 Å². The maximum Gasteiger partial charge on any atom is 0.133 e. The van der Waals surface area contributed by atoms with E-state index in [9.17, 15) is 4.79 Å². The molecular formula is C11H20O. The molecule has 0 radical (unpaired) electrons. The van der Waals surface area contributed by atoms with Crippen LogP contribution in [0, 0.1) is 17.3 Å². The predicted molar refractivity (Wildman–Crippen MR) is 51.0 cm³/mol. The summed E-state index contributed by atoms with van der Waals surface area (Å²) < 4.78 is 0. The Morgan fingerprint density at radius 2 is 1.83 bits per heavy atom. The number of carbonyl (C=O) groups is 1. The van der Waals surface area contributed by atoms with Gasteiger partial charge in [-0.25, -0.2) is 0 Å². The summed E-state index contributed by atoms with van der Waals surface area (Å²) >= 11 is 0. The molecule has 70 valence electrons. The predicted octanol–water partition coefficient (Wildman–Crippen LogP) is 3.04. The van der Waals surface area contributed by atoms with E-state index in [2.05, 4.69) is 20.8 Å². The SMILES string of the molecule is CC(=O)C1CCCC1C(C)(C)C. The molecule has 2 unspecified atom stereocenters. The van der Waals surface area contributed by atoms with Gasteiger partial charge in [0, 0.05) is 5.92 Å². The second-order valence-electron chi connectivity index (χ2n) is 5.12. The largest absolute Gasteiger partial charge is 0.300 e. The lowest BCUT2D eigenvalue weighted by atomic mass is 9.74. The number of carbonyl (C=O) groups excluding carboxylic acids is 1. The fraction of sp³-hybridized carbons (Fsp3) is 0.909. The Morgan fingerprint density at radius 3 is 2.17 bits per heavy atom. The van der Waals surface area contributed by atoms with Crippen LogP contribution in [-0.2, 0) is 4.79 Å². The van der Waals surface area contributed by atoms with Crippen LogP contribution in [-0.4, -0.2) is 5.78 Å². The molecule has 1 heteroatoms. The molecule has 1 nitrogen and oxygen atoms in total. The van der Waals surface area contributed by atoms with Crippen molar-refractivity contribution in [3.8, 4) is 0 Å². The van der Waals surface area contributed by atoms with Crippen molar-refractivity contribution in [2.75, 3.05) is 0 Å². The number of Topliss-reactive ketones (excluding diaryl/α,β-unsaturated/α-hetero) is 1. The van der Waals surface area contributed by atoms with Gasteiger partial charge in [0.05, 0.1) is 0 Å². The first-order valence-corrected chi connectivity index (χ1v) is 4.93. The van der Waals surface area contributed by atoms with Gasteiger partial charge in [-0.05, 0) is 31.1 Å². The van der Waals surface area contributed by atoms with Crippen LogP contribution in [0.1, 0.15) is 47.0 Å². The molecule has 0 aromatic carbocycles. The Bertz CT molecular complexity index is 176. The molecule has 12 heavy (non-hydrogen) atoms. The summed E-state index contributed by atoms with van der Waals surface area (Å²) in [7, 11) is 0. The molecule has 0 amide bonds. The highest BCUT2D eigenvalue weighted by Gasteiger charge is 2.37. The average Bonchev–Trinajstić information content (AvgIpc) is 2.30. The monoisotopic (exact) mass is 168 g/mol. The molecular weight excluding hydrogens is 148 g/mol. The molecule has 0 spiro atoms. The molecule has 1 saturated carbocycles. The van der Waals surface area contributed by atoms with E-state index >= 15 is 0 Å². The summed E-state index contributed by atoms with van der Waals surface area (Å²) in [6, 6.07) is 0. The fourth-order valence-corrected chi connectivity index (χ4v) is 2.48. The highest BCUT2D eigenvalue weighted by molar-refractivity contribution is 5.78. The summed E-state index contributed by atoms with van der Waals surface area (Å²) in [6.45, 7) is 8.49. The van der Waals surface area contributed by atoms with E-state index in [4.69, 9.17) is 0 Å². The fourth-order valence-electron chi connectivity index (χ4n) is 2.48. The molecule has 0 aromatic heterocycles. The highest BCUT2D eigenvalue weighted by atomic mass is 16.1. The van der Waals surface area contributed by atoms with Crippen molar-refractivity contribution in [1.82, 2.24) is 0 Å². The third-order valence-electron chi connectivity index (χ3n) is 3.15. The molecule has 0 bridgehead atoms. The maximum absolute atomic E-state index is 11.3. The Balaban J connectivity index is 2.71. The molecule has 1 aliphatic rings. The topological polar surface area (TPSA) is 17.1 Å². The van der Waals surface area contributed by atoms with Crippen molar-refractivity contribution in [2.45, 2.75) is 47.0 Å². The Morgan fingerprint density at radius 1 is 1.25 bits per heavy atom. The number of ketones is 1. The van der Waals surface area contributed by atoms with Crippen molar-refractivity contribution in [2.24, 2.45) is 17.3 Å². The van der Waals surface area contributed by atoms with Crippen molar-refractivity contribution >= 4 is 5.78 Å². The highest BCUT2D eigenvalue weighted by Crippen LogP contribution is 2.43. The van der Waals surface area contributed by atoms with Gasteiger partial charge < -0.3 is 0 Å². The number of hydrogen-bond donors (Lipinski definition) is 0. The lowest BCUT2D eigenvalue weighted by Crippen LogP contribution is -2.27. The molecule has 1 aliphatic carbocycles. The Labute approximate surface area is 75.5 Å². The molecule has 0 aliphatic heterocycles. The Kier molecular flexibility index (Phi) is 2.60. The van der Waals surface area contributed by atoms with Crippen molar-refractivity contribution in [3.05, 3.63) is 0 Å². The van der Waals surface area contributed by atoms with E-state index in [1.54, 1.807) is 6.92 Å². The third kappa shape index (κ3) is 1.88. The van der Waals surface area contributed by atoms with E-state index in [0.717, 1.165) is 6.42 Å². The van der Waals surface area contributed by atoms with Gasteiger partial charge in [0.1, 0.15) is 5.78 Å². The minimum Gasteiger partial charge on any atom is -0.300 e. The molecule has 0 N–H and O–H groups in total. The van der Waals surface area contributed by atoms with Crippen LogP contribution in [0.5, 0.6) is 0 Å². The number of hydrogen-bond acceptors (Lipinski definition) is 1. The van der Waals surface area contributed by atoms with Crippen LogP contribution in [0.25, 0.3) is 0 Å². The first-order valence-electron chi connectivity index (χ1n) is 4.93. The van der Waals surface area contributed by atoms with E-state index in [-0.39, 0.29) is 0 Å². The van der Waals surface area contributed by atoms with Crippen LogP contribution in [0.15, 0.2) is 0 Å². The van der Waals surface area contributed by atoms with Gasteiger partial charge in [-0.15, -0.1) is 0 Å². The second-order valence-corrected chi connectivity index (χ2v) is 5.12. The van der Waals surface area contributed by atoms with Gasteiger partial charge in [0.2, 0.25) is 0 Å². The van der Waals surface area contributed by atoms with E-state index in [1.165, 1.54) is 12.8 Å². The minimum atomic E-state index is 0.312. The van der Waals surface area contributed by atoms with Crippen LogP contribution in [0.4, 0.5) is 0 Å². The lowest BCUT2D eigenvalue weighted by molar-refractivity contribution is -0.122. The van der Waals surface area contributed by atoms with Crippen LogP contribution in [0.2, 0.25) is 0 Å². The zero-order chi connectivity index (χ0) is 9.35. The van der Waals surface area contributed by atoms with Crippen molar-refractivity contribution in [1.29, 1.82) is 0 Å². The first kappa shape index (κ1) is 9.76. The van der Waals surface area contributed by atoms with Crippen molar-refractivity contribution in [3.63, 3.8) is 0 Å². The van der Waals surface area contributed by atoms with Crippen LogP contribution in [0.3, 0.4) is 0 Å². The summed E-state index contributed by atoms with van der Waals surface area (Å²) in [6.07, 6.45) is 3.61. The quantitative estimate of drug-likeness (QED) is 0.588. The standard InChI is InChI=1S/C11H20O/c1-8(12)9-6-5-7-10(9)11(2,3)4/h9-10H,5-7H2,1-4H3. The van der Waals surface area contributed by atoms with Gasteiger partial charge >= 0.3 is 0 Å². The molecule has 0 aromatic rings. The molecule has 0 heterocycles. The lowest BCUT2D eigenvalue weighted by Gasteiger charge is -2.31. The summed E-state index contributed by atoms with van der Waals surface area (Å²) in [4.78, 5) is 11.3. The molecule has 0 saturated heterocycles. The van der Waals surface area contributed by atoms with E-state index < -0.39 is 0 Å². The average molecular weight is 168 g/mol. The number of rotatable bonds is 1.